The Morgan fingerprint density at radius 1 is 1.33 bits per heavy atom. The van der Waals surface area contributed by atoms with Crippen molar-refractivity contribution in [3.05, 3.63) is 23.8 Å². The van der Waals surface area contributed by atoms with Gasteiger partial charge in [-0.15, -0.1) is 0 Å². The number of morpholine rings is 1. The van der Waals surface area contributed by atoms with Gasteiger partial charge in [-0.3, -0.25) is 9.69 Å². The van der Waals surface area contributed by atoms with Crippen molar-refractivity contribution >= 4 is 17.3 Å². The van der Waals surface area contributed by atoms with E-state index in [1.54, 1.807) is 11.9 Å². The molecule has 0 N–H and O–H groups in total. The number of benzene rings is 1. The second kappa shape index (κ2) is 7.63. The number of fused-ring (bicyclic) bond motifs is 1. The van der Waals surface area contributed by atoms with E-state index in [2.05, 4.69) is 10.1 Å². The summed E-state index contributed by atoms with van der Waals surface area (Å²) >= 11 is 0. The maximum atomic E-state index is 11.7. The third-order valence-electron chi connectivity index (χ3n) is 4.27. The molecule has 1 aromatic carbocycles. The minimum atomic E-state index is -0.0593. The molecule has 0 saturated carbocycles. The molecule has 7 nitrogen and oxygen atoms in total. The number of amides is 1. The zero-order chi connectivity index (χ0) is 16.9. The molecular weight excluding hydrogens is 310 g/mol. The van der Waals surface area contributed by atoms with Crippen LogP contribution in [-0.4, -0.2) is 69.6 Å². The molecule has 0 aliphatic carbocycles. The van der Waals surface area contributed by atoms with Crippen molar-refractivity contribution in [3.63, 3.8) is 0 Å². The topological polar surface area (TPSA) is 63.6 Å². The number of ether oxygens (including phenoxy) is 2. The molecule has 24 heavy (non-hydrogen) atoms. The van der Waals surface area contributed by atoms with Gasteiger partial charge in [0.15, 0.2) is 6.61 Å². The van der Waals surface area contributed by atoms with E-state index in [0.29, 0.717) is 12.4 Å². The van der Waals surface area contributed by atoms with Gasteiger partial charge in [-0.1, -0.05) is 5.16 Å². The lowest BCUT2D eigenvalue weighted by atomic mass is 10.1. The van der Waals surface area contributed by atoms with Crippen LogP contribution >= 0.6 is 0 Å². The van der Waals surface area contributed by atoms with Gasteiger partial charge in [-0.2, -0.15) is 0 Å². The van der Waals surface area contributed by atoms with Crippen molar-refractivity contribution in [1.82, 2.24) is 4.90 Å². The molecule has 0 bridgehead atoms. The molecule has 3 rings (SSSR count). The fourth-order valence-electron chi connectivity index (χ4n) is 2.69. The molecule has 0 atom stereocenters. The van der Waals surface area contributed by atoms with Crippen LogP contribution in [0.1, 0.15) is 12.5 Å². The predicted octanol–water partition coefficient (Wildman–Crippen LogP) is 1.11. The summed E-state index contributed by atoms with van der Waals surface area (Å²) in [5.74, 6) is 0.651. The molecule has 2 heterocycles. The first kappa shape index (κ1) is 16.7. The fourth-order valence-corrected chi connectivity index (χ4v) is 2.69. The number of hydrogen-bond acceptors (Lipinski definition) is 6. The van der Waals surface area contributed by atoms with Crippen LogP contribution in [0.3, 0.4) is 0 Å². The van der Waals surface area contributed by atoms with Crippen molar-refractivity contribution in [1.29, 1.82) is 0 Å². The molecule has 1 aromatic rings. The lowest BCUT2D eigenvalue weighted by Crippen LogP contribution is -2.38. The second-order valence-corrected chi connectivity index (χ2v) is 5.89. The zero-order valence-corrected chi connectivity index (χ0v) is 14.2. The van der Waals surface area contributed by atoms with Crippen LogP contribution < -0.4 is 9.64 Å². The molecule has 2 aliphatic rings. The first-order valence-corrected chi connectivity index (χ1v) is 8.15. The lowest BCUT2D eigenvalue weighted by Gasteiger charge is -2.26. The Morgan fingerprint density at radius 2 is 2.12 bits per heavy atom. The Bertz CT molecular complexity index is 626. The highest BCUT2D eigenvalue weighted by atomic mass is 16.6. The second-order valence-electron chi connectivity index (χ2n) is 5.89. The van der Waals surface area contributed by atoms with Crippen molar-refractivity contribution in [2.45, 2.75) is 6.92 Å². The SMILES string of the molecule is C/C(=N\OCCN1CCOCC1)c1ccc2c(c1)N(C)C(=O)CO2. The van der Waals surface area contributed by atoms with Crippen molar-refractivity contribution in [2.75, 3.05) is 58.0 Å². The predicted molar refractivity (Wildman–Crippen MR) is 90.8 cm³/mol. The van der Waals surface area contributed by atoms with E-state index >= 15 is 0 Å². The van der Waals surface area contributed by atoms with Gasteiger partial charge in [0.05, 0.1) is 24.6 Å². The van der Waals surface area contributed by atoms with Crippen LogP contribution in [0.4, 0.5) is 5.69 Å². The highest BCUT2D eigenvalue weighted by Gasteiger charge is 2.22. The number of oxime groups is 1. The Hall–Kier alpha value is -2.12. The van der Waals surface area contributed by atoms with Crippen LogP contribution in [0.5, 0.6) is 5.75 Å². The molecule has 1 amide bonds. The number of hydrogen-bond donors (Lipinski definition) is 0. The monoisotopic (exact) mass is 333 g/mol. The Balaban J connectivity index is 1.58. The highest BCUT2D eigenvalue weighted by Crippen LogP contribution is 2.32. The van der Waals surface area contributed by atoms with Gasteiger partial charge in [0, 0.05) is 32.2 Å². The highest BCUT2D eigenvalue weighted by molar-refractivity contribution is 6.02. The van der Waals surface area contributed by atoms with E-state index < -0.39 is 0 Å². The minimum absolute atomic E-state index is 0.0593. The molecule has 130 valence electrons. The Labute approximate surface area is 141 Å². The van der Waals surface area contributed by atoms with Gasteiger partial charge in [0.1, 0.15) is 12.4 Å². The normalized spacial score (nSPS) is 19.0. The van der Waals surface area contributed by atoms with Crippen LogP contribution in [0.25, 0.3) is 0 Å². The summed E-state index contributed by atoms with van der Waals surface area (Å²) in [6.45, 7) is 6.81. The Morgan fingerprint density at radius 3 is 2.92 bits per heavy atom. The average Bonchev–Trinajstić information content (AvgIpc) is 2.62. The third kappa shape index (κ3) is 3.85. The number of rotatable bonds is 5. The maximum absolute atomic E-state index is 11.7. The molecule has 2 aliphatic heterocycles. The van der Waals surface area contributed by atoms with Gasteiger partial charge in [0.25, 0.3) is 5.91 Å². The summed E-state index contributed by atoms with van der Waals surface area (Å²) in [6.07, 6.45) is 0. The van der Waals surface area contributed by atoms with Crippen LogP contribution in [0.2, 0.25) is 0 Å². The first-order chi connectivity index (χ1) is 11.6. The number of carbonyl (C=O) groups is 1. The summed E-state index contributed by atoms with van der Waals surface area (Å²) in [4.78, 5) is 21.1. The molecular formula is C17H23N3O4. The maximum Gasteiger partial charge on any atom is 0.264 e. The van der Waals surface area contributed by atoms with E-state index in [4.69, 9.17) is 14.3 Å². The number of nitrogens with zero attached hydrogens (tertiary/aromatic N) is 3. The summed E-state index contributed by atoms with van der Waals surface area (Å²) in [5.41, 5.74) is 2.43. The lowest BCUT2D eigenvalue weighted by molar-refractivity contribution is -0.120. The molecule has 0 spiro atoms. The molecule has 7 heteroatoms. The minimum Gasteiger partial charge on any atom is -0.482 e. The van der Waals surface area contributed by atoms with Crippen molar-refractivity contribution < 1.29 is 19.1 Å². The quantitative estimate of drug-likeness (QED) is 0.459. The fraction of sp³-hybridized carbons (Fsp3) is 0.529. The summed E-state index contributed by atoms with van der Waals surface area (Å²) < 4.78 is 10.7. The van der Waals surface area contributed by atoms with Gasteiger partial charge >= 0.3 is 0 Å². The number of likely N-dealkylation sites (N-methyl/N-ethyl adjacent to an activating group) is 1. The van der Waals surface area contributed by atoms with Crippen LogP contribution in [0.15, 0.2) is 23.4 Å². The van der Waals surface area contributed by atoms with Crippen LogP contribution in [-0.2, 0) is 14.4 Å². The standard InChI is InChI=1S/C17H23N3O4/c1-13(18-24-10-7-20-5-8-22-9-6-20)14-3-4-16-15(11-14)19(2)17(21)12-23-16/h3-4,11H,5-10,12H2,1-2H3/b18-13+. The smallest absolute Gasteiger partial charge is 0.264 e. The van der Waals surface area contributed by atoms with Gasteiger partial charge in [-0.25, -0.2) is 0 Å². The van der Waals surface area contributed by atoms with E-state index in [9.17, 15) is 4.79 Å². The van der Waals surface area contributed by atoms with Gasteiger partial charge in [0.2, 0.25) is 0 Å². The molecule has 0 radical (unpaired) electrons. The Kier molecular flexibility index (Phi) is 5.32. The summed E-state index contributed by atoms with van der Waals surface area (Å²) in [6, 6.07) is 5.68. The molecule has 0 unspecified atom stereocenters. The average molecular weight is 333 g/mol. The van der Waals surface area contributed by atoms with E-state index in [1.165, 1.54) is 0 Å². The zero-order valence-electron chi connectivity index (χ0n) is 14.2. The molecule has 1 fully saturated rings. The van der Waals surface area contributed by atoms with Gasteiger partial charge < -0.3 is 19.2 Å². The summed E-state index contributed by atoms with van der Waals surface area (Å²) in [7, 11) is 1.75. The third-order valence-corrected chi connectivity index (χ3v) is 4.27. The number of anilines is 1. The van der Waals surface area contributed by atoms with E-state index in [-0.39, 0.29) is 12.5 Å². The first-order valence-electron chi connectivity index (χ1n) is 8.15. The van der Waals surface area contributed by atoms with Crippen LogP contribution in [0, 0.1) is 0 Å². The van der Waals surface area contributed by atoms with E-state index in [0.717, 1.165) is 49.8 Å². The van der Waals surface area contributed by atoms with Crippen molar-refractivity contribution in [2.24, 2.45) is 5.16 Å². The van der Waals surface area contributed by atoms with Crippen molar-refractivity contribution in [3.8, 4) is 5.75 Å². The summed E-state index contributed by atoms with van der Waals surface area (Å²) in [5, 5.41) is 4.19. The molecule has 0 aromatic heterocycles. The number of carbonyl (C=O) groups excluding carboxylic acids is 1. The molecule has 1 saturated heterocycles. The van der Waals surface area contributed by atoms with Gasteiger partial charge in [-0.05, 0) is 25.1 Å². The largest absolute Gasteiger partial charge is 0.482 e. The van der Waals surface area contributed by atoms with E-state index in [1.807, 2.05) is 25.1 Å².